The molecule has 1 saturated heterocycles. The number of alkyl halides is 2. The molecular formula is C16H23F2N3O3S. The van der Waals surface area contributed by atoms with Crippen LogP contribution in [0.1, 0.15) is 19.4 Å². The average Bonchev–Trinajstić information content (AvgIpc) is 2.52. The summed E-state index contributed by atoms with van der Waals surface area (Å²) in [6.45, 7) is 1.36. The molecule has 1 heterocycles. The zero-order valence-corrected chi connectivity index (χ0v) is 15.3. The maximum Gasteiger partial charge on any atom is 0.387 e. The second-order valence-corrected chi connectivity index (χ2v) is 9.13. The summed E-state index contributed by atoms with van der Waals surface area (Å²) in [5, 5.41) is 3.09. The summed E-state index contributed by atoms with van der Waals surface area (Å²) in [5.74, 6) is 0.669. The molecule has 0 aromatic heterocycles. The molecule has 9 heteroatoms. The maximum atomic E-state index is 12.5. The van der Waals surface area contributed by atoms with Crippen molar-refractivity contribution in [2.75, 3.05) is 25.9 Å². The zero-order valence-electron chi connectivity index (χ0n) is 14.5. The van der Waals surface area contributed by atoms with Gasteiger partial charge in [0.15, 0.2) is 15.8 Å². The van der Waals surface area contributed by atoms with Gasteiger partial charge in [-0.05, 0) is 19.9 Å². The molecular weight excluding hydrogens is 352 g/mol. The molecule has 1 N–H and O–H groups in total. The Labute approximate surface area is 146 Å². The third-order valence-electron chi connectivity index (χ3n) is 4.18. The van der Waals surface area contributed by atoms with Gasteiger partial charge in [-0.3, -0.25) is 4.99 Å². The van der Waals surface area contributed by atoms with Crippen LogP contribution in [0.25, 0.3) is 0 Å². The summed E-state index contributed by atoms with van der Waals surface area (Å²) in [6.07, 6.45) is 0. The number of nitrogens with one attached hydrogen (secondary N) is 1. The van der Waals surface area contributed by atoms with Crippen LogP contribution in [0.3, 0.4) is 0 Å². The van der Waals surface area contributed by atoms with Gasteiger partial charge in [0.25, 0.3) is 0 Å². The van der Waals surface area contributed by atoms with E-state index in [0.717, 1.165) is 0 Å². The summed E-state index contributed by atoms with van der Waals surface area (Å²) in [5.41, 5.74) is 0.563. The van der Waals surface area contributed by atoms with Crippen molar-refractivity contribution in [1.82, 2.24) is 10.2 Å². The Balaban J connectivity index is 2.07. The van der Waals surface area contributed by atoms with Crippen molar-refractivity contribution in [1.29, 1.82) is 0 Å². The number of hydrogen-bond donors (Lipinski definition) is 1. The molecule has 1 aliphatic rings. The van der Waals surface area contributed by atoms with Crippen LogP contribution in [0.5, 0.6) is 5.75 Å². The van der Waals surface area contributed by atoms with Gasteiger partial charge in [-0.1, -0.05) is 18.2 Å². The van der Waals surface area contributed by atoms with Crippen LogP contribution in [-0.4, -0.2) is 56.5 Å². The molecule has 6 nitrogen and oxygen atoms in total. The SMILES string of the molecule is CN=C(NCc1ccccc1OC(F)F)N1CCS(=O)(=O)C(C)(C)C1. The van der Waals surface area contributed by atoms with Gasteiger partial charge in [-0.25, -0.2) is 8.42 Å². The smallest absolute Gasteiger partial charge is 0.387 e. The van der Waals surface area contributed by atoms with Gasteiger partial charge < -0.3 is 15.0 Å². The van der Waals surface area contributed by atoms with E-state index >= 15 is 0 Å². The highest BCUT2D eigenvalue weighted by Gasteiger charge is 2.40. The Morgan fingerprint density at radius 2 is 2.08 bits per heavy atom. The van der Waals surface area contributed by atoms with Crippen molar-refractivity contribution in [3.05, 3.63) is 29.8 Å². The number of rotatable bonds is 4. The first-order valence-corrected chi connectivity index (χ1v) is 9.52. The number of ether oxygens (including phenoxy) is 1. The second-order valence-electron chi connectivity index (χ2n) is 6.39. The number of aliphatic imine (C=N–C) groups is 1. The number of guanidine groups is 1. The first-order valence-electron chi connectivity index (χ1n) is 7.87. The fourth-order valence-electron chi connectivity index (χ4n) is 2.69. The number of halogens is 2. The quantitative estimate of drug-likeness (QED) is 0.643. The van der Waals surface area contributed by atoms with Crippen LogP contribution in [-0.2, 0) is 16.4 Å². The molecule has 0 aliphatic carbocycles. The van der Waals surface area contributed by atoms with Gasteiger partial charge in [0.2, 0.25) is 0 Å². The number of sulfone groups is 1. The van der Waals surface area contributed by atoms with E-state index in [9.17, 15) is 17.2 Å². The molecule has 0 spiro atoms. The summed E-state index contributed by atoms with van der Waals surface area (Å²) >= 11 is 0. The lowest BCUT2D eigenvalue weighted by Gasteiger charge is -2.39. The standard InChI is InChI=1S/C16H23F2N3O3S/c1-16(2)11-21(8-9-25(16,22)23)15(19-3)20-10-12-6-4-5-7-13(12)24-14(17)18/h4-7,14H,8-11H2,1-3H3,(H,19,20). The minimum absolute atomic E-state index is 0.0474. The van der Waals surface area contributed by atoms with Crippen molar-refractivity contribution in [3.8, 4) is 5.75 Å². The van der Waals surface area contributed by atoms with Crippen LogP contribution in [0.2, 0.25) is 0 Å². The van der Waals surface area contributed by atoms with Gasteiger partial charge in [-0.15, -0.1) is 0 Å². The van der Waals surface area contributed by atoms with Crippen LogP contribution in [0.4, 0.5) is 8.78 Å². The van der Waals surface area contributed by atoms with Crippen LogP contribution < -0.4 is 10.1 Å². The van der Waals surface area contributed by atoms with Crippen molar-refractivity contribution in [2.45, 2.75) is 31.8 Å². The molecule has 0 unspecified atom stereocenters. The predicted molar refractivity (Wildman–Crippen MR) is 92.7 cm³/mol. The molecule has 1 aromatic carbocycles. The van der Waals surface area contributed by atoms with Crippen molar-refractivity contribution in [2.24, 2.45) is 4.99 Å². The topological polar surface area (TPSA) is 71.0 Å². The third kappa shape index (κ3) is 4.59. The molecule has 0 amide bonds. The lowest BCUT2D eigenvalue weighted by atomic mass is 10.2. The molecule has 2 rings (SSSR count). The van der Waals surface area contributed by atoms with E-state index in [1.807, 2.05) is 4.90 Å². The maximum absolute atomic E-state index is 12.5. The van der Waals surface area contributed by atoms with Crippen LogP contribution >= 0.6 is 0 Å². The lowest BCUT2D eigenvalue weighted by Crippen LogP contribution is -2.57. The average molecular weight is 375 g/mol. The highest BCUT2D eigenvalue weighted by atomic mass is 32.2. The Morgan fingerprint density at radius 1 is 1.40 bits per heavy atom. The third-order valence-corrected chi connectivity index (χ3v) is 6.71. The van der Waals surface area contributed by atoms with Gasteiger partial charge >= 0.3 is 6.61 Å². The van der Waals surface area contributed by atoms with Gasteiger partial charge in [0, 0.05) is 32.2 Å². The number of para-hydroxylation sites is 1. The van der Waals surface area contributed by atoms with Crippen LogP contribution in [0.15, 0.2) is 29.3 Å². The van der Waals surface area contributed by atoms with Gasteiger partial charge in [-0.2, -0.15) is 8.78 Å². The number of hydrogen-bond acceptors (Lipinski definition) is 4. The molecule has 1 fully saturated rings. The summed E-state index contributed by atoms with van der Waals surface area (Å²) < 4.78 is 52.8. The van der Waals surface area contributed by atoms with Crippen LogP contribution in [0, 0.1) is 0 Å². The first kappa shape index (κ1) is 19.4. The molecule has 140 valence electrons. The molecule has 1 aliphatic heterocycles. The lowest BCUT2D eigenvalue weighted by molar-refractivity contribution is -0.0504. The van der Waals surface area contributed by atoms with Gasteiger partial charge in [0.1, 0.15) is 5.75 Å². The molecule has 1 aromatic rings. The summed E-state index contributed by atoms with van der Waals surface area (Å²) in [4.78, 5) is 6.04. The van der Waals surface area contributed by atoms with Crippen molar-refractivity contribution < 1.29 is 21.9 Å². The van der Waals surface area contributed by atoms with Crippen molar-refractivity contribution >= 4 is 15.8 Å². The normalized spacial score (nSPS) is 19.8. The fourth-order valence-corrected chi connectivity index (χ4v) is 4.06. The van der Waals surface area contributed by atoms with E-state index in [2.05, 4.69) is 15.0 Å². The Morgan fingerprint density at radius 3 is 2.68 bits per heavy atom. The largest absolute Gasteiger partial charge is 0.434 e. The fraction of sp³-hybridized carbons (Fsp3) is 0.562. The Bertz CT molecular complexity index is 736. The summed E-state index contributed by atoms with van der Waals surface area (Å²) in [6, 6.07) is 6.51. The van der Waals surface area contributed by atoms with E-state index in [-0.39, 0.29) is 18.0 Å². The monoisotopic (exact) mass is 375 g/mol. The highest BCUT2D eigenvalue weighted by molar-refractivity contribution is 7.92. The molecule has 0 atom stereocenters. The minimum Gasteiger partial charge on any atom is -0.434 e. The van der Waals surface area contributed by atoms with E-state index in [4.69, 9.17) is 0 Å². The molecule has 0 saturated carbocycles. The Kier molecular flexibility index (Phi) is 5.87. The van der Waals surface area contributed by atoms with E-state index in [0.29, 0.717) is 24.6 Å². The minimum atomic E-state index is -3.15. The van der Waals surface area contributed by atoms with Crippen molar-refractivity contribution in [3.63, 3.8) is 0 Å². The first-order chi connectivity index (χ1) is 11.7. The predicted octanol–water partition coefficient (Wildman–Crippen LogP) is 1.87. The van der Waals surface area contributed by atoms with E-state index in [1.54, 1.807) is 39.1 Å². The molecule has 25 heavy (non-hydrogen) atoms. The highest BCUT2D eigenvalue weighted by Crippen LogP contribution is 2.24. The Hall–Kier alpha value is -1.90. The number of nitrogens with zero attached hydrogens (tertiary/aromatic N) is 2. The molecule has 0 radical (unpaired) electrons. The second kappa shape index (κ2) is 7.55. The number of benzene rings is 1. The van der Waals surface area contributed by atoms with E-state index in [1.165, 1.54) is 6.07 Å². The molecule has 0 bridgehead atoms. The van der Waals surface area contributed by atoms with Gasteiger partial charge in [0.05, 0.1) is 10.5 Å². The summed E-state index contributed by atoms with van der Waals surface area (Å²) in [7, 11) is -1.55. The van der Waals surface area contributed by atoms with E-state index < -0.39 is 21.2 Å². The zero-order chi connectivity index (χ0) is 18.7.